The van der Waals surface area contributed by atoms with Gasteiger partial charge < -0.3 is 33.8 Å². The molecule has 0 saturated carbocycles. The van der Waals surface area contributed by atoms with E-state index in [-0.39, 0.29) is 12.5 Å². The highest BCUT2D eigenvalue weighted by atomic mass is 79.9. The third kappa shape index (κ3) is 3.94. The van der Waals surface area contributed by atoms with Gasteiger partial charge in [-0.25, -0.2) is 0 Å². The lowest BCUT2D eigenvalue weighted by molar-refractivity contribution is -0.336. The highest BCUT2D eigenvalue weighted by Gasteiger charge is 2.51. The number of carbonyl (C=O) groups excluding carboxylic acids is 1. The molecule has 0 aliphatic carbocycles. The Kier molecular flexibility index (Phi) is 5.70. The van der Waals surface area contributed by atoms with Crippen molar-refractivity contribution in [1.82, 2.24) is 5.32 Å². The third-order valence-electron chi connectivity index (χ3n) is 4.59. The number of para-hydroxylation sites is 1. The Hall–Kier alpha value is -1.91. The number of hydrogen-bond acceptors (Lipinski definition) is 7. The average molecular weight is 454 g/mol. The van der Waals surface area contributed by atoms with E-state index in [0.29, 0.717) is 11.5 Å². The Labute approximate surface area is 169 Å². The number of hydrogen-bond donors (Lipinski definition) is 2. The van der Waals surface area contributed by atoms with Crippen molar-refractivity contribution in [3.05, 3.63) is 52.9 Å². The van der Waals surface area contributed by atoms with Gasteiger partial charge in [0.25, 0.3) is 0 Å². The first-order chi connectivity index (χ1) is 13.5. The van der Waals surface area contributed by atoms with Crippen molar-refractivity contribution in [3.8, 4) is 5.75 Å². The van der Waals surface area contributed by atoms with Crippen LogP contribution < -0.4 is 10.1 Å². The maximum atomic E-state index is 11.7. The lowest BCUT2D eigenvalue weighted by Gasteiger charge is -2.47. The summed E-state index contributed by atoms with van der Waals surface area (Å²) in [6, 6.07) is 9.88. The van der Waals surface area contributed by atoms with Gasteiger partial charge in [-0.2, -0.15) is 0 Å². The molecule has 2 saturated heterocycles. The van der Waals surface area contributed by atoms with E-state index in [2.05, 4.69) is 21.2 Å². The van der Waals surface area contributed by atoms with Crippen LogP contribution in [0, 0.1) is 0 Å². The molecule has 2 fully saturated rings. The number of benzene rings is 1. The van der Waals surface area contributed by atoms with Crippen molar-refractivity contribution in [1.29, 1.82) is 0 Å². The van der Waals surface area contributed by atoms with Crippen molar-refractivity contribution in [3.63, 3.8) is 0 Å². The van der Waals surface area contributed by atoms with Crippen molar-refractivity contribution in [2.45, 2.75) is 43.9 Å². The fourth-order valence-corrected chi connectivity index (χ4v) is 3.69. The molecule has 6 unspecified atom stereocenters. The lowest BCUT2D eigenvalue weighted by atomic mass is 9.96. The molecule has 6 atom stereocenters. The second kappa shape index (κ2) is 8.22. The lowest BCUT2D eigenvalue weighted by Crippen LogP contribution is -2.67. The molecular formula is C19H20BrNO7. The zero-order chi connectivity index (χ0) is 19.7. The standard InChI is InChI=1S/C19H20BrNO7/c1-10(22)21-15-16(23)17-14(9-25-18(28-17)13-7-4-8-24-13)27-19(15)26-12-6-3-2-5-11(12)20/h2-8,14-19,23H,9H2,1H3,(H,21,22). The van der Waals surface area contributed by atoms with Crippen molar-refractivity contribution >= 4 is 21.8 Å². The van der Waals surface area contributed by atoms with Crippen molar-refractivity contribution in [2.75, 3.05) is 6.61 Å². The molecule has 2 aliphatic rings. The number of ether oxygens (including phenoxy) is 4. The molecule has 0 bridgehead atoms. The maximum absolute atomic E-state index is 11.7. The Balaban J connectivity index is 1.55. The molecule has 9 heteroatoms. The van der Waals surface area contributed by atoms with Gasteiger partial charge in [0.1, 0.15) is 30.1 Å². The number of aliphatic hydroxyl groups is 1. The SMILES string of the molecule is CC(=O)NC1C(Oc2ccccc2Br)OC2COC(c3ccco3)OC2C1O. The minimum Gasteiger partial charge on any atom is -0.464 e. The maximum Gasteiger partial charge on any atom is 0.223 e. The van der Waals surface area contributed by atoms with Gasteiger partial charge in [0.15, 0.2) is 5.76 Å². The molecule has 2 aromatic rings. The van der Waals surface area contributed by atoms with Crippen LogP contribution >= 0.6 is 15.9 Å². The molecule has 150 valence electrons. The molecule has 2 aliphatic heterocycles. The molecule has 0 radical (unpaired) electrons. The first kappa shape index (κ1) is 19.4. The molecule has 3 heterocycles. The van der Waals surface area contributed by atoms with Gasteiger partial charge in [0.2, 0.25) is 18.5 Å². The summed E-state index contributed by atoms with van der Waals surface area (Å²) >= 11 is 3.42. The minimum atomic E-state index is -1.07. The predicted octanol–water partition coefficient (Wildman–Crippen LogP) is 2.13. The van der Waals surface area contributed by atoms with Gasteiger partial charge in [-0.3, -0.25) is 4.79 Å². The molecule has 0 spiro atoms. The molecule has 1 amide bonds. The normalized spacial score (nSPS) is 32.4. The Morgan fingerprint density at radius 1 is 1.25 bits per heavy atom. The molecular weight excluding hydrogens is 434 g/mol. The monoisotopic (exact) mass is 453 g/mol. The molecule has 4 rings (SSSR count). The summed E-state index contributed by atoms with van der Waals surface area (Å²) in [6.45, 7) is 1.54. The van der Waals surface area contributed by atoms with Crippen LogP contribution in [0.4, 0.5) is 0 Å². The van der Waals surface area contributed by atoms with Gasteiger partial charge in [0, 0.05) is 6.92 Å². The number of aliphatic hydroxyl groups excluding tert-OH is 1. The summed E-state index contributed by atoms with van der Waals surface area (Å²) in [6.07, 6.45) is -2.53. The van der Waals surface area contributed by atoms with Crippen LogP contribution in [0.15, 0.2) is 51.6 Å². The zero-order valence-electron chi connectivity index (χ0n) is 15.0. The summed E-state index contributed by atoms with van der Waals surface area (Å²) in [5.74, 6) is 0.703. The number of rotatable bonds is 4. The van der Waals surface area contributed by atoms with Crippen molar-refractivity contribution < 1.29 is 33.3 Å². The Bertz CT molecular complexity index is 814. The molecule has 28 heavy (non-hydrogen) atoms. The van der Waals surface area contributed by atoms with E-state index in [0.717, 1.165) is 4.47 Å². The quantitative estimate of drug-likeness (QED) is 0.731. The second-order valence-corrected chi connectivity index (χ2v) is 7.44. The van der Waals surface area contributed by atoms with Crippen LogP contribution in [0.1, 0.15) is 19.0 Å². The molecule has 1 aromatic carbocycles. The number of fused-ring (bicyclic) bond motifs is 1. The van der Waals surface area contributed by atoms with E-state index >= 15 is 0 Å². The summed E-state index contributed by atoms with van der Waals surface area (Å²) in [5, 5.41) is 13.7. The Morgan fingerprint density at radius 3 is 2.79 bits per heavy atom. The third-order valence-corrected chi connectivity index (χ3v) is 5.25. The van der Waals surface area contributed by atoms with Gasteiger partial charge in [-0.1, -0.05) is 12.1 Å². The van der Waals surface area contributed by atoms with E-state index in [1.807, 2.05) is 18.2 Å². The van der Waals surface area contributed by atoms with E-state index < -0.39 is 36.9 Å². The topological polar surface area (TPSA) is 99.4 Å². The van der Waals surface area contributed by atoms with Crippen molar-refractivity contribution in [2.24, 2.45) is 0 Å². The Morgan fingerprint density at radius 2 is 2.07 bits per heavy atom. The highest BCUT2D eigenvalue weighted by Crippen LogP contribution is 2.35. The van der Waals surface area contributed by atoms with E-state index in [9.17, 15) is 9.90 Å². The summed E-state index contributed by atoms with van der Waals surface area (Å²) in [4.78, 5) is 11.7. The highest BCUT2D eigenvalue weighted by molar-refractivity contribution is 9.10. The largest absolute Gasteiger partial charge is 0.464 e. The fraction of sp³-hybridized carbons (Fsp3) is 0.421. The van der Waals surface area contributed by atoms with Crippen LogP contribution in [0.3, 0.4) is 0 Å². The number of furan rings is 1. The number of halogens is 1. The first-order valence-electron chi connectivity index (χ1n) is 8.85. The van der Waals surface area contributed by atoms with Crippen LogP contribution in [0.2, 0.25) is 0 Å². The summed E-state index contributed by atoms with van der Waals surface area (Å²) < 4.78 is 29.5. The van der Waals surface area contributed by atoms with Crippen LogP contribution in [0.25, 0.3) is 0 Å². The number of carbonyl (C=O) groups is 1. The van der Waals surface area contributed by atoms with E-state index in [4.69, 9.17) is 23.4 Å². The average Bonchev–Trinajstić information content (AvgIpc) is 3.21. The van der Waals surface area contributed by atoms with E-state index in [1.54, 1.807) is 18.2 Å². The first-order valence-corrected chi connectivity index (χ1v) is 9.64. The number of amides is 1. The summed E-state index contributed by atoms with van der Waals surface area (Å²) in [7, 11) is 0. The van der Waals surface area contributed by atoms with Gasteiger partial charge in [-0.05, 0) is 40.2 Å². The van der Waals surface area contributed by atoms with E-state index in [1.165, 1.54) is 13.2 Å². The molecule has 2 N–H and O–H groups in total. The number of nitrogens with one attached hydrogen (secondary N) is 1. The predicted molar refractivity (Wildman–Crippen MR) is 99.3 cm³/mol. The summed E-state index contributed by atoms with van der Waals surface area (Å²) in [5.41, 5.74) is 0. The van der Waals surface area contributed by atoms with Crippen LogP contribution in [-0.4, -0.2) is 48.3 Å². The van der Waals surface area contributed by atoms with Crippen LogP contribution in [0.5, 0.6) is 5.75 Å². The molecule has 1 aromatic heterocycles. The zero-order valence-corrected chi connectivity index (χ0v) is 16.6. The molecule has 8 nitrogen and oxygen atoms in total. The fourth-order valence-electron chi connectivity index (χ4n) is 3.32. The second-order valence-electron chi connectivity index (χ2n) is 6.59. The van der Waals surface area contributed by atoms with Gasteiger partial charge in [-0.15, -0.1) is 0 Å². The van der Waals surface area contributed by atoms with Crippen LogP contribution in [-0.2, 0) is 19.0 Å². The minimum absolute atomic E-state index is 0.176. The van der Waals surface area contributed by atoms with Gasteiger partial charge in [0.05, 0.1) is 17.3 Å². The smallest absolute Gasteiger partial charge is 0.223 e. The van der Waals surface area contributed by atoms with Gasteiger partial charge >= 0.3 is 0 Å².